The molecule has 1 saturated carbocycles. The van der Waals surface area contributed by atoms with E-state index in [1.807, 2.05) is 12.1 Å². The van der Waals surface area contributed by atoms with E-state index in [1.54, 1.807) is 12.1 Å². The van der Waals surface area contributed by atoms with Gasteiger partial charge in [0.2, 0.25) is 0 Å². The van der Waals surface area contributed by atoms with E-state index < -0.39 is 12.1 Å². The van der Waals surface area contributed by atoms with Crippen LogP contribution in [0.15, 0.2) is 48.5 Å². The van der Waals surface area contributed by atoms with E-state index in [4.69, 9.17) is 0 Å². The van der Waals surface area contributed by atoms with Crippen LogP contribution in [0.3, 0.4) is 0 Å². The molecule has 1 aliphatic carbocycles. The van der Waals surface area contributed by atoms with Gasteiger partial charge >= 0.3 is 5.97 Å². The van der Waals surface area contributed by atoms with Gasteiger partial charge in [-0.25, -0.2) is 4.79 Å². The Bertz CT molecular complexity index is 827. The fraction of sp³-hybridized carbons (Fsp3) is 0.417. The molecule has 1 unspecified atom stereocenters. The molecule has 1 atom stereocenters. The van der Waals surface area contributed by atoms with Crippen LogP contribution in [-0.4, -0.2) is 36.7 Å². The number of benzene rings is 2. The van der Waals surface area contributed by atoms with Gasteiger partial charge in [-0.15, -0.1) is 0 Å². The van der Waals surface area contributed by atoms with Gasteiger partial charge in [0.05, 0.1) is 13.7 Å². The second kappa shape index (κ2) is 10.8. The quantitative estimate of drug-likeness (QED) is 0.579. The fourth-order valence-electron chi connectivity index (χ4n) is 3.80. The highest BCUT2D eigenvalue weighted by molar-refractivity contribution is 5.94. The summed E-state index contributed by atoms with van der Waals surface area (Å²) < 4.78 is 4.42. The van der Waals surface area contributed by atoms with Crippen molar-refractivity contribution in [2.45, 2.75) is 50.7 Å². The maximum absolute atomic E-state index is 12.1. The van der Waals surface area contributed by atoms with Crippen molar-refractivity contribution in [3.63, 3.8) is 0 Å². The number of anilines is 1. The van der Waals surface area contributed by atoms with Gasteiger partial charge in [-0.05, 0) is 54.2 Å². The van der Waals surface area contributed by atoms with Crippen molar-refractivity contribution >= 4 is 17.6 Å². The van der Waals surface area contributed by atoms with Crippen LogP contribution in [-0.2, 0) is 16.1 Å². The number of aliphatic hydroxyl groups is 1. The van der Waals surface area contributed by atoms with Gasteiger partial charge in [0, 0.05) is 17.8 Å². The minimum absolute atomic E-state index is 0.189. The second-order valence-electron chi connectivity index (χ2n) is 7.76. The summed E-state index contributed by atoms with van der Waals surface area (Å²) in [6.45, 7) is 0.470. The molecule has 30 heavy (non-hydrogen) atoms. The molecule has 0 saturated heterocycles. The molecule has 160 valence electrons. The number of rotatable bonds is 8. The van der Waals surface area contributed by atoms with Crippen LogP contribution >= 0.6 is 0 Å². The zero-order valence-electron chi connectivity index (χ0n) is 17.4. The molecule has 2 aromatic rings. The number of carbonyl (C=O) groups excluding carboxylic acids is 2. The average molecular weight is 411 g/mol. The van der Waals surface area contributed by atoms with Crippen molar-refractivity contribution in [3.8, 4) is 0 Å². The van der Waals surface area contributed by atoms with Gasteiger partial charge in [-0.1, -0.05) is 43.5 Å². The Balaban J connectivity index is 1.47. The predicted octanol–water partition coefficient (Wildman–Crippen LogP) is 3.61. The zero-order chi connectivity index (χ0) is 21.3. The summed E-state index contributed by atoms with van der Waals surface area (Å²) in [7, 11) is 1.19. The zero-order valence-corrected chi connectivity index (χ0v) is 17.4. The van der Waals surface area contributed by atoms with Crippen molar-refractivity contribution in [1.82, 2.24) is 5.32 Å². The highest BCUT2D eigenvalue weighted by Crippen LogP contribution is 2.33. The van der Waals surface area contributed by atoms with Gasteiger partial charge in [-0.2, -0.15) is 0 Å². The molecule has 0 spiro atoms. The number of hydrogen-bond donors (Lipinski definition) is 3. The molecule has 0 aromatic heterocycles. The topological polar surface area (TPSA) is 87.7 Å². The van der Waals surface area contributed by atoms with Crippen molar-refractivity contribution < 1.29 is 19.4 Å². The van der Waals surface area contributed by atoms with Gasteiger partial charge in [0.1, 0.15) is 0 Å². The normalized spacial score (nSPS) is 15.3. The Morgan fingerprint density at radius 3 is 2.33 bits per heavy atom. The molecule has 1 aliphatic rings. The van der Waals surface area contributed by atoms with Crippen LogP contribution in [0.5, 0.6) is 0 Å². The molecular weight excluding hydrogens is 380 g/mol. The van der Waals surface area contributed by atoms with E-state index >= 15 is 0 Å². The maximum Gasteiger partial charge on any atom is 0.336 e. The van der Waals surface area contributed by atoms with Gasteiger partial charge in [0.25, 0.3) is 5.91 Å². The van der Waals surface area contributed by atoms with Crippen LogP contribution in [0.2, 0.25) is 0 Å². The van der Waals surface area contributed by atoms with Crippen molar-refractivity contribution in [1.29, 1.82) is 0 Å². The minimum atomic E-state index is -1.37. The molecule has 0 radical (unpaired) electrons. The molecule has 3 N–H and O–H groups in total. The number of aliphatic hydroxyl groups excluding tert-OH is 1. The van der Waals surface area contributed by atoms with Crippen LogP contribution < -0.4 is 10.6 Å². The molecule has 1 amide bonds. The van der Waals surface area contributed by atoms with E-state index in [1.165, 1.54) is 44.8 Å². The standard InChI is InChI=1S/C24H30N2O4/c1-30-24(29)22(27)16-26-23(28)20-9-7-17(8-10-20)15-25-21-13-11-19(12-14-21)18-5-3-2-4-6-18/h7-14,18,22,25,27H,2-6,15-16H2,1H3,(H,26,28). The Hall–Kier alpha value is -2.86. The molecule has 3 rings (SSSR count). The lowest BCUT2D eigenvalue weighted by Gasteiger charge is -2.22. The van der Waals surface area contributed by atoms with E-state index in [9.17, 15) is 14.7 Å². The molecule has 2 aromatic carbocycles. The molecule has 0 bridgehead atoms. The van der Waals surface area contributed by atoms with Crippen molar-refractivity contribution in [2.75, 3.05) is 19.0 Å². The van der Waals surface area contributed by atoms with Crippen molar-refractivity contribution in [3.05, 3.63) is 65.2 Å². The van der Waals surface area contributed by atoms with Gasteiger partial charge in [-0.3, -0.25) is 4.79 Å². The van der Waals surface area contributed by atoms with E-state index in [0.717, 1.165) is 11.3 Å². The van der Waals surface area contributed by atoms with Crippen LogP contribution in [0, 0.1) is 0 Å². The number of hydrogen-bond acceptors (Lipinski definition) is 5. The summed E-state index contributed by atoms with van der Waals surface area (Å²) in [5.74, 6) is -0.417. The number of methoxy groups -OCH3 is 1. The van der Waals surface area contributed by atoms with E-state index in [2.05, 4.69) is 39.6 Å². The molecule has 0 aliphatic heterocycles. The fourth-order valence-corrected chi connectivity index (χ4v) is 3.80. The highest BCUT2D eigenvalue weighted by Gasteiger charge is 2.17. The molecule has 6 nitrogen and oxygen atoms in total. The second-order valence-corrected chi connectivity index (χ2v) is 7.76. The van der Waals surface area contributed by atoms with Crippen LogP contribution in [0.4, 0.5) is 5.69 Å². The van der Waals surface area contributed by atoms with Crippen LogP contribution in [0.25, 0.3) is 0 Å². The first kappa shape index (κ1) is 21.8. The van der Waals surface area contributed by atoms with E-state index in [-0.39, 0.29) is 12.5 Å². The monoisotopic (exact) mass is 410 g/mol. The lowest BCUT2D eigenvalue weighted by atomic mass is 9.84. The summed E-state index contributed by atoms with van der Waals surface area (Å²) in [5, 5.41) is 15.5. The third-order valence-corrected chi connectivity index (χ3v) is 5.63. The molecule has 1 fully saturated rings. The lowest BCUT2D eigenvalue weighted by Crippen LogP contribution is -2.37. The summed E-state index contributed by atoms with van der Waals surface area (Å²) in [5.41, 5.74) is 4.03. The number of ether oxygens (including phenoxy) is 1. The molecule has 0 heterocycles. The number of nitrogens with one attached hydrogen (secondary N) is 2. The first-order valence-electron chi connectivity index (χ1n) is 10.5. The molecule has 6 heteroatoms. The van der Waals surface area contributed by atoms with Gasteiger partial charge < -0.3 is 20.5 Å². The Labute approximate surface area is 177 Å². The lowest BCUT2D eigenvalue weighted by molar-refractivity contribution is -0.149. The smallest absolute Gasteiger partial charge is 0.336 e. The third-order valence-electron chi connectivity index (χ3n) is 5.63. The van der Waals surface area contributed by atoms with Crippen LogP contribution in [0.1, 0.15) is 59.5 Å². The summed E-state index contributed by atoms with van der Waals surface area (Å²) in [4.78, 5) is 23.3. The summed E-state index contributed by atoms with van der Waals surface area (Å²) >= 11 is 0. The van der Waals surface area contributed by atoms with Crippen molar-refractivity contribution in [2.24, 2.45) is 0 Å². The number of carbonyl (C=O) groups is 2. The Morgan fingerprint density at radius 2 is 1.70 bits per heavy atom. The highest BCUT2D eigenvalue weighted by atomic mass is 16.5. The predicted molar refractivity (Wildman–Crippen MR) is 116 cm³/mol. The Morgan fingerprint density at radius 1 is 1.03 bits per heavy atom. The third kappa shape index (κ3) is 6.07. The number of amides is 1. The SMILES string of the molecule is COC(=O)C(O)CNC(=O)c1ccc(CNc2ccc(C3CCCCC3)cc2)cc1. The Kier molecular flexibility index (Phi) is 7.85. The number of esters is 1. The summed E-state index contributed by atoms with van der Waals surface area (Å²) in [6.07, 6.45) is 5.27. The average Bonchev–Trinajstić information content (AvgIpc) is 2.81. The largest absolute Gasteiger partial charge is 0.467 e. The molecular formula is C24H30N2O4. The minimum Gasteiger partial charge on any atom is -0.467 e. The van der Waals surface area contributed by atoms with E-state index in [0.29, 0.717) is 18.0 Å². The maximum atomic E-state index is 12.1. The first-order valence-corrected chi connectivity index (χ1v) is 10.5. The summed E-state index contributed by atoms with van der Waals surface area (Å²) in [6, 6.07) is 16.0. The first-order chi connectivity index (χ1) is 14.6. The van der Waals surface area contributed by atoms with Gasteiger partial charge in [0.15, 0.2) is 6.10 Å².